The third-order valence-electron chi connectivity index (χ3n) is 2.18. The molecule has 12 heavy (non-hydrogen) atoms. The Morgan fingerprint density at radius 2 is 2.25 bits per heavy atom. The number of rotatable bonds is 3. The largest absolute Gasteiger partial charge is 0.381 e. The molecule has 72 valence electrons. The second kappa shape index (κ2) is 4.72. The molecular formula is C8H15F2NO. The van der Waals surface area contributed by atoms with E-state index < -0.39 is 12.5 Å². The molecule has 2 unspecified atom stereocenters. The van der Waals surface area contributed by atoms with E-state index in [1.807, 2.05) is 0 Å². The van der Waals surface area contributed by atoms with E-state index in [-0.39, 0.29) is 5.92 Å². The smallest absolute Gasteiger partial charge is 0.253 e. The summed E-state index contributed by atoms with van der Waals surface area (Å²) < 4.78 is 29.2. The topological polar surface area (TPSA) is 35.2 Å². The van der Waals surface area contributed by atoms with Gasteiger partial charge in [0.15, 0.2) is 0 Å². The van der Waals surface area contributed by atoms with Crippen molar-refractivity contribution in [3.63, 3.8) is 0 Å². The van der Waals surface area contributed by atoms with Crippen molar-refractivity contribution in [2.75, 3.05) is 13.2 Å². The molecule has 1 fully saturated rings. The van der Waals surface area contributed by atoms with Gasteiger partial charge in [-0.25, -0.2) is 8.78 Å². The zero-order valence-corrected chi connectivity index (χ0v) is 7.01. The van der Waals surface area contributed by atoms with E-state index in [2.05, 4.69) is 0 Å². The summed E-state index contributed by atoms with van der Waals surface area (Å²) in [6.07, 6.45) is -0.0643. The molecule has 2 atom stereocenters. The lowest BCUT2D eigenvalue weighted by atomic mass is 9.95. The number of hydrogen-bond donors (Lipinski definition) is 1. The number of ether oxygens (including phenoxy) is 1. The van der Waals surface area contributed by atoms with Crippen LogP contribution in [0.25, 0.3) is 0 Å². The number of hydrogen-bond acceptors (Lipinski definition) is 2. The van der Waals surface area contributed by atoms with Crippen LogP contribution in [0, 0.1) is 5.92 Å². The van der Waals surface area contributed by atoms with Gasteiger partial charge in [-0.2, -0.15) is 0 Å². The third-order valence-corrected chi connectivity index (χ3v) is 2.18. The fourth-order valence-electron chi connectivity index (χ4n) is 1.48. The summed E-state index contributed by atoms with van der Waals surface area (Å²) in [5.41, 5.74) is 5.24. The fraction of sp³-hybridized carbons (Fsp3) is 1.00. The van der Waals surface area contributed by atoms with Crippen LogP contribution in [0.4, 0.5) is 8.78 Å². The van der Waals surface area contributed by atoms with Gasteiger partial charge in [0.1, 0.15) is 0 Å². The predicted octanol–water partition coefficient (Wildman–Crippen LogP) is 1.40. The van der Waals surface area contributed by atoms with Crippen molar-refractivity contribution in [2.45, 2.75) is 31.7 Å². The van der Waals surface area contributed by atoms with Crippen LogP contribution in [0.2, 0.25) is 0 Å². The van der Waals surface area contributed by atoms with E-state index in [1.54, 1.807) is 0 Å². The Morgan fingerprint density at radius 1 is 1.50 bits per heavy atom. The monoisotopic (exact) mass is 179 g/mol. The molecule has 1 saturated heterocycles. The van der Waals surface area contributed by atoms with Gasteiger partial charge >= 0.3 is 0 Å². The van der Waals surface area contributed by atoms with Gasteiger partial charge in [-0.3, -0.25) is 0 Å². The summed E-state index contributed by atoms with van der Waals surface area (Å²) in [5.74, 6) is 0.239. The van der Waals surface area contributed by atoms with E-state index in [4.69, 9.17) is 10.5 Å². The quantitative estimate of drug-likeness (QED) is 0.710. The van der Waals surface area contributed by atoms with Crippen LogP contribution in [-0.2, 0) is 4.74 Å². The Hall–Kier alpha value is -0.220. The molecule has 1 heterocycles. The molecule has 2 N–H and O–H groups in total. The van der Waals surface area contributed by atoms with Crippen LogP contribution >= 0.6 is 0 Å². The lowest BCUT2D eigenvalue weighted by Gasteiger charge is -2.24. The molecule has 1 aliphatic rings. The zero-order valence-electron chi connectivity index (χ0n) is 7.01. The SMILES string of the molecule is NC(CC1CCCOC1)C(F)F. The highest BCUT2D eigenvalue weighted by molar-refractivity contribution is 4.72. The van der Waals surface area contributed by atoms with Gasteiger partial charge in [-0.05, 0) is 25.2 Å². The Kier molecular flexibility index (Phi) is 3.88. The first-order valence-electron chi connectivity index (χ1n) is 4.31. The van der Waals surface area contributed by atoms with Gasteiger partial charge in [-0.1, -0.05) is 0 Å². The number of alkyl halides is 2. The zero-order chi connectivity index (χ0) is 8.97. The van der Waals surface area contributed by atoms with Crippen LogP contribution in [0.15, 0.2) is 0 Å². The van der Waals surface area contributed by atoms with E-state index in [0.717, 1.165) is 19.4 Å². The fourth-order valence-corrected chi connectivity index (χ4v) is 1.48. The molecule has 0 amide bonds. The molecule has 2 nitrogen and oxygen atoms in total. The molecule has 0 saturated carbocycles. The van der Waals surface area contributed by atoms with Gasteiger partial charge in [0, 0.05) is 13.2 Å². The van der Waals surface area contributed by atoms with Crippen molar-refractivity contribution in [3.8, 4) is 0 Å². The molecule has 0 aromatic heterocycles. The van der Waals surface area contributed by atoms with Crippen LogP contribution in [-0.4, -0.2) is 25.7 Å². The minimum Gasteiger partial charge on any atom is -0.381 e. The lowest BCUT2D eigenvalue weighted by Crippen LogP contribution is -2.33. The van der Waals surface area contributed by atoms with Gasteiger partial charge in [-0.15, -0.1) is 0 Å². The summed E-state index contributed by atoms with van der Waals surface area (Å²) in [6, 6.07) is -0.975. The Bertz CT molecular complexity index is 126. The summed E-state index contributed by atoms with van der Waals surface area (Å²) in [6.45, 7) is 1.36. The second-order valence-electron chi connectivity index (χ2n) is 3.32. The van der Waals surface area contributed by atoms with E-state index in [1.165, 1.54) is 0 Å². The Labute approximate surface area is 71.1 Å². The third kappa shape index (κ3) is 3.03. The highest BCUT2D eigenvalue weighted by Gasteiger charge is 2.22. The normalized spacial score (nSPS) is 27.5. The molecule has 1 rings (SSSR count). The molecule has 1 aliphatic heterocycles. The Morgan fingerprint density at radius 3 is 2.75 bits per heavy atom. The van der Waals surface area contributed by atoms with E-state index in [9.17, 15) is 8.78 Å². The lowest BCUT2D eigenvalue weighted by molar-refractivity contribution is 0.0340. The van der Waals surface area contributed by atoms with Crippen LogP contribution < -0.4 is 5.73 Å². The summed E-state index contributed by atoms with van der Waals surface area (Å²) in [7, 11) is 0. The first kappa shape index (κ1) is 9.86. The van der Waals surface area contributed by atoms with Crippen LogP contribution in [0.1, 0.15) is 19.3 Å². The first-order valence-corrected chi connectivity index (χ1v) is 4.31. The minimum atomic E-state index is -2.40. The molecule has 0 aromatic rings. The van der Waals surface area contributed by atoms with Crippen molar-refractivity contribution in [2.24, 2.45) is 11.7 Å². The van der Waals surface area contributed by atoms with Gasteiger partial charge in [0.25, 0.3) is 6.43 Å². The maximum Gasteiger partial charge on any atom is 0.253 e. The molecule has 0 spiro atoms. The molecule has 0 radical (unpaired) electrons. The van der Waals surface area contributed by atoms with Crippen molar-refractivity contribution in [3.05, 3.63) is 0 Å². The van der Waals surface area contributed by atoms with Crippen molar-refractivity contribution < 1.29 is 13.5 Å². The maximum atomic E-state index is 12.0. The number of nitrogens with two attached hydrogens (primary N) is 1. The molecular weight excluding hydrogens is 164 g/mol. The summed E-state index contributed by atoms with van der Waals surface area (Å²) in [5, 5.41) is 0. The Balaban J connectivity index is 2.20. The van der Waals surface area contributed by atoms with Gasteiger partial charge in [0.2, 0.25) is 0 Å². The van der Waals surface area contributed by atoms with Crippen molar-refractivity contribution >= 4 is 0 Å². The van der Waals surface area contributed by atoms with Crippen LogP contribution in [0.3, 0.4) is 0 Å². The van der Waals surface area contributed by atoms with Crippen molar-refractivity contribution in [1.82, 2.24) is 0 Å². The van der Waals surface area contributed by atoms with E-state index >= 15 is 0 Å². The van der Waals surface area contributed by atoms with E-state index in [0.29, 0.717) is 13.0 Å². The first-order chi connectivity index (χ1) is 5.70. The molecule has 0 aliphatic carbocycles. The number of halogens is 2. The van der Waals surface area contributed by atoms with Gasteiger partial charge in [0.05, 0.1) is 6.04 Å². The second-order valence-corrected chi connectivity index (χ2v) is 3.32. The predicted molar refractivity (Wildman–Crippen MR) is 42.1 cm³/mol. The van der Waals surface area contributed by atoms with Crippen molar-refractivity contribution in [1.29, 1.82) is 0 Å². The maximum absolute atomic E-state index is 12.0. The molecule has 4 heteroatoms. The molecule has 0 bridgehead atoms. The summed E-state index contributed by atoms with van der Waals surface area (Å²) in [4.78, 5) is 0. The van der Waals surface area contributed by atoms with Crippen LogP contribution in [0.5, 0.6) is 0 Å². The average molecular weight is 179 g/mol. The standard InChI is InChI=1S/C8H15F2NO/c9-8(10)7(11)4-6-2-1-3-12-5-6/h6-8H,1-5,11H2. The summed E-state index contributed by atoms with van der Waals surface area (Å²) >= 11 is 0. The highest BCUT2D eigenvalue weighted by Crippen LogP contribution is 2.20. The highest BCUT2D eigenvalue weighted by atomic mass is 19.3. The molecule has 0 aromatic carbocycles. The average Bonchev–Trinajstić information content (AvgIpc) is 2.06. The van der Waals surface area contributed by atoms with Gasteiger partial charge < -0.3 is 10.5 Å². The minimum absolute atomic E-state index is 0.239.